The van der Waals surface area contributed by atoms with Gasteiger partial charge in [0.1, 0.15) is 6.04 Å². The molecule has 2 aromatic carbocycles. The molecule has 0 fully saturated rings. The van der Waals surface area contributed by atoms with Gasteiger partial charge in [0.25, 0.3) is 17.7 Å². The van der Waals surface area contributed by atoms with E-state index in [1.807, 2.05) is 0 Å². The van der Waals surface area contributed by atoms with Gasteiger partial charge >= 0.3 is 18.2 Å². The highest BCUT2D eigenvalue weighted by Gasteiger charge is 2.57. The minimum absolute atomic E-state index is 0.309. The maximum atomic E-state index is 13.3. The summed E-state index contributed by atoms with van der Waals surface area (Å²) >= 11 is 0. The molecule has 0 saturated carbocycles. The zero-order valence-corrected chi connectivity index (χ0v) is 20.1. The molecule has 2 N–H and O–H groups in total. The standard InChI is InChI=1S/C24H23F5N4O5/c1-14(38-22(37)30-13-23(25,26)24(27,28)29)19(34)31-16-12-33(20(35)15-8-4-3-5-9-15)18-11-7-6-10-17(18)32(2)21(16)36/h3-11,14,16H,12-13H2,1-2H3,(H,30,37)(H,31,34)/t14-,16-/m0/s1. The van der Waals surface area contributed by atoms with E-state index in [4.69, 9.17) is 0 Å². The predicted molar refractivity (Wildman–Crippen MR) is 125 cm³/mol. The molecule has 0 saturated heterocycles. The summed E-state index contributed by atoms with van der Waals surface area (Å²) in [5.74, 6) is -7.34. The quantitative estimate of drug-likeness (QED) is 0.546. The molecular weight excluding hydrogens is 519 g/mol. The summed E-state index contributed by atoms with van der Waals surface area (Å²) in [6.07, 6.45) is -9.28. The van der Waals surface area contributed by atoms with Crippen molar-refractivity contribution in [3.8, 4) is 0 Å². The molecule has 204 valence electrons. The van der Waals surface area contributed by atoms with E-state index in [1.54, 1.807) is 54.6 Å². The summed E-state index contributed by atoms with van der Waals surface area (Å²) in [5.41, 5.74) is 1.09. The van der Waals surface area contributed by atoms with Crippen LogP contribution in [0.1, 0.15) is 17.3 Å². The van der Waals surface area contributed by atoms with Crippen molar-refractivity contribution in [2.45, 2.75) is 31.2 Å². The summed E-state index contributed by atoms with van der Waals surface area (Å²) < 4.78 is 67.4. The Kier molecular flexibility index (Phi) is 8.22. The number of carbonyl (C=O) groups is 4. The maximum absolute atomic E-state index is 13.3. The van der Waals surface area contributed by atoms with Crippen molar-refractivity contribution in [3.05, 3.63) is 60.2 Å². The van der Waals surface area contributed by atoms with Gasteiger partial charge in [0, 0.05) is 12.6 Å². The molecule has 0 radical (unpaired) electrons. The molecule has 0 spiro atoms. The number of rotatable bonds is 6. The lowest BCUT2D eigenvalue weighted by atomic mass is 10.1. The van der Waals surface area contributed by atoms with Gasteiger partial charge in [-0.2, -0.15) is 22.0 Å². The van der Waals surface area contributed by atoms with Gasteiger partial charge in [-0.3, -0.25) is 14.4 Å². The first kappa shape index (κ1) is 28.3. The molecule has 1 aliphatic rings. The van der Waals surface area contributed by atoms with Gasteiger partial charge in [-0.25, -0.2) is 4.79 Å². The van der Waals surface area contributed by atoms with Gasteiger partial charge in [-0.15, -0.1) is 0 Å². The first-order valence-corrected chi connectivity index (χ1v) is 11.2. The van der Waals surface area contributed by atoms with Crippen LogP contribution in [-0.2, 0) is 14.3 Å². The number of para-hydroxylation sites is 2. The first-order valence-electron chi connectivity index (χ1n) is 11.2. The summed E-state index contributed by atoms with van der Waals surface area (Å²) in [5, 5.41) is 3.61. The number of alkyl carbamates (subject to hydrolysis) is 1. The Morgan fingerprint density at radius 1 is 1.00 bits per heavy atom. The molecule has 2 atom stereocenters. The average molecular weight is 542 g/mol. The van der Waals surface area contributed by atoms with E-state index >= 15 is 0 Å². The second-order valence-corrected chi connectivity index (χ2v) is 8.33. The summed E-state index contributed by atoms with van der Waals surface area (Å²) in [7, 11) is 1.44. The lowest BCUT2D eigenvalue weighted by Gasteiger charge is -2.26. The molecule has 3 rings (SSSR count). The Bertz CT molecular complexity index is 1210. The second-order valence-electron chi connectivity index (χ2n) is 8.33. The van der Waals surface area contributed by atoms with Crippen LogP contribution in [-0.4, -0.2) is 68.2 Å². The number of fused-ring (bicyclic) bond motifs is 1. The molecule has 14 heteroatoms. The van der Waals surface area contributed by atoms with Crippen LogP contribution in [0.15, 0.2) is 54.6 Å². The second kappa shape index (κ2) is 11.0. The Morgan fingerprint density at radius 3 is 2.18 bits per heavy atom. The van der Waals surface area contributed by atoms with Crippen molar-refractivity contribution < 1.29 is 45.9 Å². The fraction of sp³-hybridized carbons (Fsp3) is 0.333. The number of carbonyl (C=O) groups excluding carboxylic acids is 4. The molecule has 4 amide bonds. The van der Waals surface area contributed by atoms with E-state index in [0.717, 1.165) is 6.92 Å². The summed E-state index contributed by atoms with van der Waals surface area (Å²) in [6, 6.07) is 13.4. The molecular formula is C24H23F5N4O5. The fourth-order valence-corrected chi connectivity index (χ4v) is 3.55. The number of likely N-dealkylation sites (N-methyl/N-ethyl adjacent to an activating group) is 1. The summed E-state index contributed by atoms with van der Waals surface area (Å²) in [4.78, 5) is 53.4. The van der Waals surface area contributed by atoms with Crippen molar-refractivity contribution in [2.75, 3.05) is 29.9 Å². The van der Waals surface area contributed by atoms with E-state index in [0.29, 0.717) is 16.9 Å². The van der Waals surface area contributed by atoms with Crippen molar-refractivity contribution in [1.29, 1.82) is 0 Å². The molecule has 0 unspecified atom stereocenters. The van der Waals surface area contributed by atoms with E-state index in [1.165, 1.54) is 22.2 Å². The third kappa shape index (κ3) is 6.18. The van der Waals surface area contributed by atoms with Crippen LogP contribution in [0.3, 0.4) is 0 Å². The molecule has 2 aromatic rings. The molecule has 1 aliphatic heterocycles. The lowest BCUT2D eigenvalue weighted by molar-refractivity contribution is -0.278. The number of benzene rings is 2. The van der Waals surface area contributed by atoms with Gasteiger partial charge in [0.15, 0.2) is 6.10 Å². The largest absolute Gasteiger partial charge is 0.455 e. The van der Waals surface area contributed by atoms with Crippen LogP contribution < -0.4 is 20.4 Å². The molecule has 38 heavy (non-hydrogen) atoms. The molecule has 1 heterocycles. The van der Waals surface area contributed by atoms with Gasteiger partial charge in [-0.1, -0.05) is 30.3 Å². The maximum Gasteiger partial charge on any atom is 0.455 e. The van der Waals surface area contributed by atoms with Crippen molar-refractivity contribution in [1.82, 2.24) is 10.6 Å². The molecule has 0 aliphatic carbocycles. The van der Waals surface area contributed by atoms with E-state index in [-0.39, 0.29) is 6.54 Å². The lowest BCUT2D eigenvalue weighted by Crippen LogP contribution is -2.54. The Hall–Kier alpha value is -4.23. The average Bonchev–Trinajstić information content (AvgIpc) is 2.97. The summed E-state index contributed by atoms with van der Waals surface area (Å²) in [6.45, 7) is -1.37. The van der Waals surface area contributed by atoms with Crippen molar-refractivity contribution in [3.63, 3.8) is 0 Å². The third-order valence-electron chi connectivity index (χ3n) is 5.63. The predicted octanol–water partition coefficient (Wildman–Crippen LogP) is 3.11. The zero-order chi connectivity index (χ0) is 28.3. The van der Waals surface area contributed by atoms with Crippen LogP contribution >= 0.6 is 0 Å². The zero-order valence-electron chi connectivity index (χ0n) is 20.1. The Labute approximate surface area is 213 Å². The van der Waals surface area contributed by atoms with Crippen LogP contribution in [0, 0.1) is 0 Å². The normalized spacial score (nSPS) is 16.7. The molecule has 0 bridgehead atoms. The highest BCUT2D eigenvalue weighted by atomic mass is 19.4. The minimum Gasteiger partial charge on any atom is -0.436 e. The molecule has 0 aromatic heterocycles. The Balaban J connectivity index is 1.75. The van der Waals surface area contributed by atoms with Crippen LogP contribution in [0.4, 0.5) is 38.1 Å². The number of nitrogens with one attached hydrogen (secondary N) is 2. The van der Waals surface area contributed by atoms with Gasteiger partial charge in [0.2, 0.25) is 0 Å². The van der Waals surface area contributed by atoms with E-state index in [9.17, 15) is 41.1 Å². The number of anilines is 2. The third-order valence-corrected chi connectivity index (χ3v) is 5.63. The number of amides is 4. The number of hydrogen-bond acceptors (Lipinski definition) is 5. The minimum atomic E-state index is -5.89. The number of alkyl halides is 5. The monoisotopic (exact) mass is 542 g/mol. The van der Waals surface area contributed by atoms with E-state index < -0.39 is 54.6 Å². The van der Waals surface area contributed by atoms with Crippen LogP contribution in [0.2, 0.25) is 0 Å². The smallest absolute Gasteiger partial charge is 0.436 e. The van der Waals surface area contributed by atoms with Crippen LogP contribution in [0.5, 0.6) is 0 Å². The fourth-order valence-electron chi connectivity index (χ4n) is 3.55. The SMILES string of the molecule is C[C@H](OC(=O)NCC(F)(F)C(F)(F)F)C(=O)N[C@H]1CN(C(=O)c2ccccc2)c2ccccc2N(C)C1=O. The Morgan fingerprint density at radius 2 is 1.58 bits per heavy atom. The van der Waals surface area contributed by atoms with Crippen molar-refractivity contribution in [2.24, 2.45) is 0 Å². The number of ether oxygens (including phenoxy) is 1. The van der Waals surface area contributed by atoms with Gasteiger partial charge < -0.3 is 25.2 Å². The van der Waals surface area contributed by atoms with Gasteiger partial charge in [0.05, 0.1) is 24.5 Å². The number of hydrogen-bond donors (Lipinski definition) is 2. The topological polar surface area (TPSA) is 108 Å². The molecule has 9 nitrogen and oxygen atoms in total. The highest BCUT2D eigenvalue weighted by Crippen LogP contribution is 2.35. The van der Waals surface area contributed by atoms with Crippen molar-refractivity contribution >= 4 is 35.2 Å². The highest BCUT2D eigenvalue weighted by molar-refractivity contribution is 6.12. The van der Waals surface area contributed by atoms with E-state index in [2.05, 4.69) is 10.1 Å². The number of nitrogens with zero attached hydrogens (tertiary/aromatic N) is 2. The van der Waals surface area contributed by atoms with Gasteiger partial charge in [-0.05, 0) is 31.2 Å². The number of halogens is 5. The first-order chi connectivity index (χ1) is 17.7. The van der Waals surface area contributed by atoms with Crippen LogP contribution in [0.25, 0.3) is 0 Å².